The van der Waals surface area contributed by atoms with Gasteiger partial charge in [-0.05, 0) is 19.1 Å². The van der Waals surface area contributed by atoms with Crippen LogP contribution in [-0.4, -0.2) is 15.8 Å². The summed E-state index contributed by atoms with van der Waals surface area (Å²) in [4.78, 5) is 0. The fourth-order valence-electron chi connectivity index (χ4n) is 3.95. The number of fused-ring (bicyclic) bond motifs is 2. The lowest BCUT2D eigenvalue weighted by Crippen LogP contribution is -2.32. The van der Waals surface area contributed by atoms with Crippen LogP contribution >= 0.6 is 11.6 Å². The lowest BCUT2D eigenvalue weighted by atomic mass is 9.89. The number of hydrogen-bond donors (Lipinski definition) is 0. The Hall–Kier alpha value is -1.60. The zero-order valence-corrected chi connectivity index (χ0v) is 13.5. The van der Waals surface area contributed by atoms with Crippen molar-refractivity contribution in [3.05, 3.63) is 52.6 Å². The van der Waals surface area contributed by atoms with Gasteiger partial charge in [-0.3, -0.25) is 0 Å². The van der Waals surface area contributed by atoms with Crippen LogP contribution in [0.4, 0.5) is 5.69 Å². The minimum Gasteiger partial charge on any atom is -0.186 e. The molecule has 2 aromatic rings. The van der Waals surface area contributed by atoms with Crippen molar-refractivity contribution in [2.75, 3.05) is 0 Å². The molecule has 2 aliphatic rings. The molecular weight excluding hydrogens is 278 g/mol. The first-order valence-electron chi connectivity index (χ1n) is 7.65. The van der Waals surface area contributed by atoms with E-state index in [9.17, 15) is 0 Å². The molecule has 0 radical (unpaired) electrons. The van der Waals surface area contributed by atoms with Crippen LogP contribution in [0.1, 0.15) is 39.2 Å². The zero-order chi connectivity index (χ0) is 14.8. The maximum Gasteiger partial charge on any atom is 0.217 e. The highest BCUT2D eigenvalue weighted by Gasteiger charge is 2.51. The molecular formula is C19H19ClN+. The zero-order valence-electron chi connectivity index (χ0n) is 12.7. The highest BCUT2D eigenvalue weighted by atomic mass is 35.5. The molecule has 2 aliphatic heterocycles. The molecule has 2 heterocycles. The third kappa shape index (κ3) is 1.50. The van der Waals surface area contributed by atoms with Gasteiger partial charge in [-0.2, -0.15) is 4.58 Å². The van der Waals surface area contributed by atoms with E-state index in [0.717, 1.165) is 17.9 Å². The van der Waals surface area contributed by atoms with Gasteiger partial charge in [0.25, 0.3) is 0 Å². The topological polar surface area (TPSA) is 3.01 Å². The summed E-state index contributed by atoms with van der Waals surface area (Å²) in [5.74, 6) is 0. The summed E-state index contributed by atoms with van der Waals surface area (Å²) in [6.45, 7) is 6.81. The fraction of sp³-hybridized carbons (Fsp3) is 0.316. The Morgan fingerprint density at radius 1 is 1.29 bits per heavy atom. The molecule has 0 saturated heterocycles. The standard InChI is InChI=1S/C19H19ClN/c1-4-12-11-19(3,5-2)21-16-10-9-15(20)13-7-6-8-14(17(13)16)18(12)21/h4,6-10H,5,11H2,1-3H3/q+1. The molecule has 0 amide bonds. The van der Waals surface area contributed by atoms with Crippen molar-refractivity contribution in [2.24, 2.45) is 0 Å². The van der Waals surface area contributed by atoms with E-state index in [0.29, 0.717) is 0 Å². The molecule has 2 heteroatoms. The normalized spacial score (nSPS) is 25.2. The molecule has 0 spiro atoms. The Balaban J connectivity index is 2.15. The molecule has 0 aliphatic carbocycles. The average Bonchev–Trinajstić information content (AvgIpc) is 2.99. The van der Waals surface area contributed by atoms with Gasteiger partial charge in [-0.25, -0.2) is 0 Å². The Morgan fingerprint density at radius 2 is 2.10 bits per heavy atom. The second-order valence-electron chi connectivity index (χ2n) is 6.32. The second kappa shape index (κ2) is 4.20. The number of benzene rings is 2. The number of rotatable bonds is 1. The Labute approximate surface area is 130 Å². The number of nitrogens with zero attached hydrogens (tertiary/aromatic N) is 1. The molecule has 1 unspecified atom stereocenters. The monoisotopic (exact) mass is 296 g/mol. The number of halogens is 1. The van der Waals surface area contributed by atoms with Crippen LogP contribution in [0.15, 0.2) is 42.0 Å². The van der Waals surface area contributed by atoms with E-state index in [1.165, 1.54) is 33.3 Å². The SMILES string of the molecule is CC=C1CC(C)(CC)[N+]2=C1c1cccc3c(Cl)ccc2c13. The summed E-state index contributed by atoms with van der Waals surface area (Å²) in [6.07, 6.45) is 4.52. The third-order valence-corrected chi connectivity index (χ3v) is 5.54. The first-order valence-corrected chi connectivity index (χ1v) is 8.03. The predicted molar refractivity (Wildman–Crippen MR) is 90.1 cm³/mol. The van der Waals surface area contributed by atoms with E-state index in [-0.39, 0.29) is 5.54 Å². The Bertz CT molecular complexity index is 844. The van der Waals surface area contributed by atoms with Crippen molar-refractivity contribution >= 4 is 33.8 Å². The van der Waals surface area contributed by atoms with E-state index < -0.39 is 0 Å². The molecule has 0 saturated carbocycles. The van der Waals surface area contributed by atoms with Gasteiger partial charge in [-0.15, -0.1) is 0 Å². The van der Waals surface area contributed by atoms with Gasteiger partial charge in [0.15, 0.2) is 5.54 Å². The van der Waals surface area contributed by atoms with E-state index in [4.69, 9.17) is 11.6 Å². The maximum absolute atomic E-state index is 6.42. The van der Waals surface area contributed by atoms with Crippen molar-refractivity contribution in [1.29, 1.82) is 0 Å². The minimum atomic E-state index is 0.164. The van der Waals surface area contributed by atoms with Crippen molar-refractivity contribution in [1.82, 2.24) is 0 Å². The summed E-state index contributed by atoms with van der Waals surface area (Å²) < 4.78 is 2.55. The van der Waals surface area contributed by atoms with Gasteiger partial charge in [0.2, 0.25) is 11.4 Å². The average molecular weight is 297 g/mol. The van der Waals surface area contributed by atoms with Gasteiger partial charge in [0.05, 0.1) is 10.9 Å². The second-order valence-corrected chi connectivity index (χ2v) is 6.73. The first-order chi connectivity index (χ1) is 10.1. The van der Waals surface area contributed by atoms with Crippen LogP contribution < -0.4 is 0 Å². The van der Waals surface area contributed by atoms with Gasteiger partial charge < -0.3 is 0 Å². The van der Waals surface area contributed by atoms with Crippen LogP contribution in [-0.2, 0) is 0 Å². The highest BCUT2D eigenvalue weighted by molar-refractivity contribution is 6.37. The summed E-state index contributed by atoms with van der Waals surface area (Å²) in [5, 5.41) is 3.33. The predicted octanol–water partition coefficient (Wildman–Crippen LogP) is 5.46. The van der Waals surface area contributed by atoms with E-state index in [1.54, 1.807) is 0 Å². The van der Waals surface area contributed by atoms with Crippen LogP contribution in [0.2, 0.25) is 5.02 Å². The summed E-state index contributed by atoms with van der Waals surface area (Å²) >= 11 is 6.42. The van der Waals surface area contributed by atoms with Gasteiger partial charge in [0.1, 0.15) is 0 Å². The smallest absolute Gasteiger partial charge is 0.186 e. The summed E-state index contributed by atoms with van der Waals surface area (Å²) in [7, 11) is 0. The molecule has 1 nitrogen and oxygen atoms in total. The van der Waals surface area contributed by atoms with Gasteiger partial charge >= 0.3 is 0 Å². The molecule has 0 fully saturated rings. The van der Waals surface area contributed by atoms with E-state index in [2.05, 4.69) is 55.7 Å². The first kappa shape index (κ1) is 13.1. The van der Waals surface area contributed by atoms with Crippen molar-refractivity contribution < 1.29 is 4.58 Å². The molecule has 2 aromatic carbocycles. The molecule has 4 rings (SSSR count). The lowest BCUT2D eigenvalue weighted by Gasteiger charge is -2.19. The fourth-order valence-corrected chi connectivity index (χ4v) is 4.17. The Kier molecular flexibility index (Phi) is 2.62. The van der Waals surface area contributed by atoms with Crippen LogP contribution in [0.25, 0.3) is 10.8 Å². The number of allylic oxidation sites excluding steroid dienone is 1. The highest BCUT2D eigenvalue weighted by Crippen LogP contribution is 2.48. The lowest BCUT2D eigenvalue weighted by molar-refractivity contribution is -0.518. The summed E-state index contributed by atoms with van der Waals surface area (Å²) in [5.41, 5.74) is 5.68. The minimum absolute atomic E-state index is 0.164. The van der Waals surface area contributed by atoms with Gasteiger partial charge in [-0.1, -0.05) is 36.7 Å². The third-order valence-electron chi connectivity index (χ3n) is 5.21. The van der Waals surface area contributed by atoms with Crippen LogP contribution in [0.3, 0.4) is 0 Å². The molecule has 0 aromatic heterocycles. The van der Waals surface area contributed by atoms with Crippen LogP contribution in [0.5, 0.6) is 0 Å². The van der Waals surface area contributed by atoms with Crippen molar-refractivity contribution in [2.45, 2.75) is 39.2 Å². The quantitative estimate of drug-likeness (QED) is 0.615. The summed E-state index contributed by atoms with van der Waals surface area (Å²) in [6, 6.07) is 10.7. The van der Waals surface area contributed by atoms with Gasteiger partial charge in [0, 0.05) is 41.8 Å². The molecule has 0 N–H and O–H groups in total. The molecule has 21 heavy (non-hydrogen) atoms. The Morgan fingerprint density at radius 3 is 2.81 bits per heavy atom. The van der Waals surface area contributed by atoms with E-state index >= 15 is 0 Å². The largest absolute Gasteiger partial charge is 0.217 e. The maximum atomic E-state index is 6.42. The number of hydrogen-bond acceptors (Lipinski definition) is 0. The molecule has 1 atom stereocenters. The molecule has 106 valence electrons. The van der Waals surface area contributed by atoms with Crippen molar-refractivity contribution in [3.63, 3.8) is 0 Å². The van der Waals surface area contributed by atoms with Crippen LogP contribution in [0, 0.1) is 0 Å². The van der Waals surface area contributed by atoms with E-state index in [1.807, 2.05) is 6.07 Å². The van der Waals surface area contributed by atoms with Crippen molar-refractivity contribution in [3.8, 4) is 0 Å². The molecule has 0 bridgehead atoms.